The van der Waals surface area contributed by atoms with Gasteiger partial charge in [-0.15, -0.1) is 0 Å². The molecule has 0 radical (unpaired) electrons. The van der Waals surface area contributed by atoms with Crippen LogP contribution < -0.4 is 4.74 Å². The molecule has 0 aliphatic heterocycles. The van der Waals surface area contributed by atoms with E-state index in [1.54, 1.807) is 0 Å². The highest BCUT2D eigenvalue weighted by molar-refractivity contribution is 7.98. The van der Waals surface area contributed by atoms with Gasteiger partial charge in [-0.25, -0.2) is 14.8 Å². The molecule has 8 heteroatoms. The Kier molecular flexibility index (Phi) is 6.59. The monoisotopic (exact) mass is 443 g/mol. The highest BCUT2D eigenvalue weighted by Crippen LogP contribution is 2.34. The topological polar surface area (TPSA) is 98.3 Å². The molecule has 1 aromatic carbocycles. The van der Waals surface area contributed by atoms with Crippen molar-refractivity contribution in [3.05, 3.63) is 29.0 Å². The minimum Gasteiger partial charge on any atom is -0.478 e. The molecule has 1 atom stereocenters. The van der Waals surface area contributed by atoms with Gasteiger partial charge in [0, 0.05) is 11.0 Å². The van der Waals surface area contributed by atoms with Crippen LogP contribution in [0.1, 0.15) is 50.9 Å². The number of fused-ring (bicyclic) bond motifs is 1. The molecule has 1 N–H and O–H groups in total. The number of benzene rings is 1. The van der Waals surface area contributed by atoms with E-state index >= 15 is 0 Å². The number of carbonyl (C=O) groups is 1. The molecule has 166 valence electrons. The molecule has 0 aliphatic carbocycles. The zero-order chi connectivity index (χ0) is 22.9. The lowest BCUT2D eigenvalue weighted by molar-refractivity contribution is -0.150. The van der Waals surface area contributed by atoms with Gasteiger partial charge in [0.05, 0.1) is 5.69 Å². The number of aromatic nitrogens is 3. The molecule has 0 bridgehead atoms. The third-order valence-corrected chi connectivity index (χ3v) is 5.48. The maximum atomic E-state index is 11.7. The molecule has 0 amide bonds. The summed E-state index contributed by atoms with van der Waals surface area (Å²) in [6, 6.07) is 3.80. The Labute approximate surface area is 186 Å². The van der Waals surface area contributed by atoms with Gasteiger partial charge in [-0.3, -0.25) is 0 Å². The smallest absolute Gasteiger partial charge is 0.345 e. The molecule has 0 fully saturated rings. The lowest BCUT2D eigenvalue weighted by atomic mass is 9.89. The zero-order valence-corrected chi connectivity index (χ0v) is 19.9. The van der Waals surface area contributed by atoms with Crippen LogP contribution in [0.5, 0.6) is 5.75 Å². The van der Waals surface area contributed by atoms with E-state index in [1.807, 2.05) is 53.0 Å². The summed E-state index contributed by atoms with van der Waals surface area (Å²) in [5, 5.41) is 10.3. The molecule has 7 nitrogen and oxygen atoms in total. The minimum absolute atomic E-state index is 0.461. The second-order valence-corrected chi connectivity index (χ2v) is 9.49. The number of hydrogen-bond donors (Lipinski definition) is 1. The first-order chi connectivity index (χ1) is 14.5. The number of thioether (sulfide) groups is 1. The van der Waals surface area contributed by atoms with E-state index in [1.165, 1.54) is 11.8 Å². The molecular weight excluding hydrogens is 414 g/mol. The van der Waals surface area contributed by atoms with Crippen molar-refractivity contribution in [3.8, 4) is 17.2 Å². The molecule has 2 heterocycles. The number of aliphatic carboxylic acids is 1. The van der Waals surface area contributed by atoms with Crippen LogP contribution in [0.3, 0.4) is 0 Å². The van der Waals surface area contributed by atoms with Crippen LogP contribution in [0.25, 0.3) is 22.7 Å². The van der Waals surface area contributed by atoms with Gasteiger partial charge in [-0.1, -0.05) is 45.9 Å². The third-order valence-electron chi connectivity index (χ3n) is 4.93. The Morgan fingerprint density at radius 1 is 1.19 bits per heavy atom. The van der Waals surface area contributed by atoms with Crippen molar-refractivity contribution >= 4 is 29.0 Å². The fourth-order valence-electron chi connectivity index (χ4n) is 3.46. The van der Waals surface area contributed by atoms with E-state index in [-0.39, 0.29) is 0 Å². The fourth-order valence-corrected chi connectivity index (χ4v) is 3.83. The summed E-state index contributed by atoms with van der Waals surface area (Å²) in [6.45, 7) is 11.4. The standard InChI is InChI=1S/C23H29N3O4S/c1-8-9-15-16-20(26-22(24-15)31-7)30-19(25-16)14-10-12(2)17(13(3)11-14)29-18(21(27)28)23(4,5)6/h10-11,18H,8-9H2,1-7H3,(H,27,28). The maximum Gasteiger partial charge on any atom is 0.345 e. The van der Waals surface area contributed by atoms with Crippen LogP contribution in [-0.2, 0) is 11.2 Å². The van der Waals surface area contributed by atoms with Gasteiger partial charge < -0.3 is 14.3 Å². The van der Waals surface area contributed by atoms with Gasteiger partial charge in [0.1, 0.15) is 5.75 Å². The second-order valence-electron chi connectivity index (χ2n) is 8.72. The van der Waals surface area contributed by atoms with E-state index < -0.39 is 17.5 Å². The lowest BCUT2D eigenvalue weighted by Gasteiger charge is -2.29. The fraction of sp³-hybridized carbons (Fsp3) is 0.478. The number of oxazole rings is 1. The Morgan fingerprint density at radius 3 is 2.35 bits per heavy atom. The average molecular weight is 444 g/mol. The van der Waals surface area contributed by atoms with E-state index in [0.29, 0.717) is 28.0 Å². The highest BCUT2D eigenvalue weighted by Gasteiger charge is 2.34. The van der Waals surface area contributed by atoms with Crippen LogP contribution in [0.4, 0.5) is 0 Å². The third kappa shape index (κ3) is 4.84. The summed E-state index contributed by atoms with van der Waals surface area (Å²) < 4.78 is 12.0. The number of rotatable bonds is 7. The van der Waals surface area contributed by atoms with Gasteiger partial charge >= 0.3 is 5.97 Å². The molecule has 31 heavy (non-hydrogen) atoms. The Balaban J connectivity index is 2.04. The summed E-state index contributed by atoms with van der Waals surface area (Å²) >= 11 is 1.47. The van der Waals surface area contributed by atoms with Gasteiger partial charge in [0.25, 0.3) is 5.71 Å². The van der Waals surface area contributed by atoms with Crippen molar-refractivity contribution in [2.75, 3.05) is 6.26 Å². The largest absolute Gasteiger partial charge is 0.478 e. The van der Waals surface area contributed by atoms with Gasteiger partial charge in [0.2, 0.25) is 5.89 Å². The van der Waals surface area contributed by atoms with E-state index in [0.717, 1.165) is 35.2 Å². The molecule has 2 aromatic heterocycles. The molecule has 3 aromatic rings. The van der Waals surface area contributed by atoms with Crippen molar-refractivity contribution in [2.24, 2.45) is 5.41 Å². The van der Waals surface area contributed by atoms with Crippen LogP contribution in [-0.4, -0.2) is 38.4 Å². The average Bonchev–Trinajstić information content (AvgIpc) is 3.10. The summed E-state index contributed by atoms with van der Waals surface area (Å²) in [4.78, 5) is 25.5. The van der Waals surface area contributed by atoms with E-state index in [9.17, 15) is 9.90 Å². The molecule has 3 rings (SSSR count). The zero-order valence-electron chi connectivity index (χ0n) is 19.1. The van der Waals surface area contributed by atoms with Crippen molar-refractivity contribution in [1.82, 2.24) is 15.0 Å². The maximum absolute atomic E-state index is 11.7. The van der Waals surface area contributed by atoms with Crippen molar-refractivity contribution in [2.45, 2.75) is 65.6 Å². The first-order valence-corrected chi connectivity index (χ1v) is 11.5. The van der Waals surface area contributed by atoms with Crippen molar-refractivity contribution in [1.29, 1.82) is 0 Å². The predicted molar refractivity (Wildman–Crippen MR) is 122 cm³/mol. The van der Waals surface area contributed by atoms with Gasteiger partial charge in [0.15, 0.2) is 16.8 Å². The first-order valence-electron chi connectivity index (χ1n) is 10.3. The van der Waals surface area contributed by atoms with Crippen LogP contribution in [0.2, 0.25) is 0 Å². The second kappa shape index (κ2) is 8.86. The summed E-state index contributed by atoms with van der Waals surface area (Å²) in [5.41, 5.74) is 3.92. The molecule has 0 saturated carbocycles. The summed E-state index contributed by atoms with van der Waals surface area (Å²) in [7, 11) is 0. The Morgan fingerprint density at radius 2 is 1.84 bits per heavy atom. The summed E-state index contributed by atoms with van der Waals surface area (Å²) in [6.07, 6.45) is 2.72. The molecule has 0 aliphatic rings. The normalized spacial score (nSPS) is 12.9. The van der Waals surface area contributed by atoms with Crippen molar-refractivity contribution in [3.63, 3.8) is 0 Å². The first kappa shape index (κ1) is 23.1. The summed E-state index contributed by atoms with van der Waals surface area (Å²) in [5.74, 6) is 0.0440. The van der Waals surface area contributed by atoms with Crippen molar-refractivity contribution < 1.29 is 19.1 Å². The molecule has 1 unspecified atom stereocenters. The molecule has 0 spiro atoms. The number of aryl methyl sites for hydroxylation is 3. The highest BCUT2D eigenvalue weighted by atomic mass is 32.2. The van der Waals surface area contributed by atoms with Crippen LogP contribution >= 0.6 is 11.8 Å². The molecular formula is C23H29N3O4S. The Hall–Kier alpha value is -2.61. The number of ether oxygens (including phenoxy) is 1. The van der Waals surface area contributed by atoms with E-state index in [2.05, 4.69) is 21.9 Å². The predicted octanol–water partition coefficient (Wildman–Crippen LogP) is 5.45. The minimum atomic E-state index is -0.985. The number of nitrogens with zero attached hydrogens (tertiary/aromatic N) is 3. The number of hydrogen-bond acceptors (Lipinski definition) is 7. The van der Waals surface area contributed by atoms with Gasteiger partial charge in [-0.05, 0) is 49.8 Å². The number of carboxylic acids is 1. The van der Waals surface area contributed by atoms with Crippen LogP contribution in [0.15, 0.2) is 21.7 Å². The lowest BCUT2D eigenvalue weighted by Crippen LogP contribution is -2.39. The number of carboxylic acid groups (broad SMARTS) is 1. The molecule has 0 saturated heterocycles. The van der Waals surface area contributed by atoms with Crippen LogP contribution in [0, 0.1) is 19.3 Å². The van der Waals surface area contributed by atoms with E-state index in [4.69, 9.17) is 9.15 Å². The SMILES string of the molecule is CCCc1nc(SC)nc2oc(-c3cc(C)c(OC(C(=O)O)C(C)(C)C)c(C)c3)nc12. The van der Waals surface area contributed by atoms with Gasteiger partial charge in [-0.2, -0.15) is 4.98 Å². The quantitative estimate of drug-likeness (QED) is 0.380. The Bertz CT molecular complexity index is 1090.